The molecule has 11 heteroatoms. The summed E-state index contributed by atoms with van der Waals surface area (Å²) in [4.78, 5) is 80.4. The van der Waals surface area contributed by atoms with Gasteiger partial charge in [0.05, 0.1) is 17.7 Å². The normalized spacial score (nSPS) is 21.3. The summed E-state index contributed by atoms with van der Waals surface area (Å²) >= 11 is 0. The van der Waals surface area contributed by atoms with Crippen molar-refractivity contribution in [2.75, 3.05) is 26.4 Å². The van der Waals surface area contributed by atoms with Crippen molar-refractivity contribution in [1.29, 1.82) is 0 Å². The van der Waals surface area contributed by atoms with Crippen LogP contribution < -0.4 is 5.32 Å². The Morgan fingerprint density at radius 3 is 2.22 bits per heavy atom. The second-order valence-electron chi connectivity index (χ2n) is 9.96. The lowest BCUT2D eigenvalue weighted by atomic mass is 10.0. The molecule has 0 aliphatic carbocycles. The predicted octanol–water partition coefficient (Wildman–Crippen LogP) is 0.928. The van der Waals surface area contributed by atoms with Gasteiger partial charge < -0.3 is 10.1 Å². The minimum absolute atomic E-state index is 0.00520. The molecule has 2 fully saturated rings. The average molecular weight is 513 g/mol. The number of esters is 1. The number of amides is 5. The van der Waals surface area contributed by atoms with Gasteiger partial charge in [-0.05, 0) is 50.4 Å². The molecular weight excluding hydrogens is 480 g/mol. The number of likely N-dealkylation sites (tertiary alicyclic amines) is 2. The molecule has 0 bridgehead atoms. The molecule has 37 heavy (non-hydrogen) atoms. The fourth-order valence-electron chi connectivity index (χ4n) is 4.94. The van der Waals surface area contributed by atoms with E-state index in [4.69, 9.17) is 4.74 Å². The van der Waals surface area contributed by atoms with Crippen LogP contribution >= 0.6 is 0 Å². The fraction of sp³-hybridized carbons (Fsp3) is 0.538. The quantitative estimate of drug-likeness (QED) is 0.402. The van der Waals surface area contributed by atoms with Crippen molar-refractivity contribution in [1.82, 2.24) is 20.0 Å². The van der Waals surface area contributed by atoms with E-state index in [0.29, 0.717) is 0 Å². The number of ether oxygens (including phenoxy) is 1. The van der Waals surface area contributed by atoms with Gasteiger partial charge in [0, 0.05) is 6.42 Å². The van der Waals surface area contributed by atoms with E-state index in [1.54, 1.807) is 26.0 Å². The number of nitrogens with one attached hydrogen (secondary N) is 1. The summed E-state index contributed by atoms with van der Waals surface area (Å²) in [5.74, 6) is -3.91. The first-order chi connectivity index (χ1) is 17.7. The van der Waals surface area contributed by atoms with Gasteiger partial charge in [-0.15, -0.1) is 0 Å². The van der Waals surface area contributed by atoms with Gasteiger partial charge in [0.25, 0.3) is 17.7 Å². The van der Waals surface area contributed by atoms with E-state index in [-0.39, 0.29) is 42.3 Å². The lowest BCUT2D eigenvalue weighted by molar-refractivity contribution is -0.166. The van der Waals surface area contributed by atoms with Crippen LogP contribution in [-0.4, -0.2) is 88.7 Å². The van der Waals surface area contributed by atoms with Crippen LogP contribution in [0.2, 0.25) is 0 Å². The molecule has 5 amide bonds. The number of rotatable bonds is 8. The zero-order chi connectivity index (χ0) is 26.7. The maximum Gasteiger partial charge on any atom is 0.330 e. The second kappa shape index (κ2) is 11.2. The summed E-state index contributed by atoms with van der Waals surface area (Å²) in [6.45, 7) is 4.68. The Kier molecular flexibility index (Phi) is 8.01. The standard InChI is InChI=1S/C26H32N4O7/c1-16(2)22(27-20(31)14-28-12-6-3-7-13-28)26(36)37-15-29-21(32)11-10-19(25(29)35)30-23(33)17-8-4-5-9-18(17)24(30)34/h4-5,8-9,16,19,22H,3,6-7,10-15H2,1-2H3,(H,27,31). The van der Waals surface area contributed by atoms with Gasteiger partial charge in [0.2, 0.25) is 11.8 Å². The number of benzene rings is 1. The molecule has 1 N–H and O–H groups in total. The summed E-state index contributed by atoms with van der Waals surface area (Å²) in [5, 5.41) is 2.71. The smallest absolute Gasteiger partial charge is 0.330 e. The molecule has 2 saturated heterocycles. The zero-order valence-electron chi connectivity index (χ0n) is 21.1. The van der Waals surface area contributed by atoms with Crippen LogP contribution in [0, 0.1) is 5.92 Å². The van der Waals surface area contributed by atoms with E-state index in [0.717, 1.165) is 42.2 Å². The minimum atomic E-state index is -1.17. The maximum absolute atomic E-state index is 13.2. The van der Waals surface area contributed by atoms with Crippen LogP contribution in [-0.2, 0) is 23.9 Å². The topological polar surface area (TPSA) is 133 Å². The third kappa shape index (κ3) is 5.56. The molecule has 1 aromatic rings. The first-order valence-electron chi connectivity index (χ1n) is 12.7. The van der Waals surface area contributed by atoms with Gasteiger partial charge in [-0.25, -0.2) is 9.69 Å². The molecular formula is C26H32N4O7. The molecule has 4 rings (SSSR count). The molecule has 0 saturated carbocycles. The molecule has 1 aromatic carbocycles. The van der Waals surface area contributed by atoms with E-state index in [1.165, 1.54) is 12.1 Å². The van der Waals surface area contributed by atoms with Gasteiger partial charge >= 0.3 is 5.97 Å². The van der Waals surface area contributed by atoms with Gasteiger partial charge in [0.15, 0.2) is 6.73 Å². The number of carbonyl (C=O) groups excluding carboxylic acids is 6. The van der Waals surface area contributed by atoms with E-state index in [2.05, 4.69) is 5.32 Å². The van der Waals surface area contributed by atoms with Gasteiger partial charge in [-0.3, -0.25) is 33.8 Å². The summed E-state index contributed by atoms with van der Waals surface area (Å²) in [5.41, 5.74) is 0.408. The first kappa shape index (κ1) is 26.5. The summed E-state index contributed by atoms with van der Waals surface area (Å²) in [6, 6.07) is 4.15. The molecule has 0 aromatic heterocycles. The summed E-state index contributed by atoms with van der Waals surface area (Å²) in [7, 11) is 0. The van der Waals surface area contributed by atoms with Crippen LogP contribution in [0.4, 0.5) is 0 Å². The number of nitrogens with zero attached hydrogens (tertiary/aromatic N) is 3. The zero-order valence-corrected chi connectivity index (χ0v) is 21.1. The Balaban J connectivity index is 1.38. The number of hydrogen-bond acceptors (Lipinski definition) is 8. The van der Waals surface area contributed by atoms with E-state index in [9.17, 15) is 28.8 Å². The Bertz CT molecular complexity index is 1080. The fourth-order valence-corrected chi connectivity index (χ4v) is 4.94. The van der Waals surface area contributed by atoms with E-state index < -0.39 is 48.4 Å². The SMILES string of the molecule is CC(C)C(NC(=O)CN1CCCCC1)C(=O)OCN1C(=O)CCC(N2C(=O)c3ccccc3C2=O)C1=O. The molecule has 11 nitrogen and oxygen atoms in total. The first-order valence-corrected chi connectivity index (χ1v) is 12.7. The Morgan fingerprint density at radius 2 is 1.62 bits per heavy atom. The highest BCUT2D eigenvalue weighted by atomic mass is 16.5. The number of imide groups is 2. The Hall–Kier alpha value is -3.60. The Morgan fingerprint density at radius 1 is 1.00 bits per heavy atom. The van der Waals surface area contributed by atoms with Gasteiger partial charge in [0.1, 0.15) is 12.1 Å². The number of carbonyl (C=O) groups is 6. The molecule has 2 unspecified atom stereocenters. The molecule has 2 atom stereocenters. The van der Waals surface area contributed by atoms with Crippen molar-refractivity contribution in [3.8, 4) is 0 Å². The molecule has 3 aliphatic rings. The van der Waals surface area contributed by atoms with Crippen molar-refractivity contribution < 1.29 is 33.5 Å². The van der Waals surface area contributed by atoms with Crippen molar-refractivity contribution in [3.05, 3.63) is 35.4 Å². The highest BCUT2D eigenvalue weighted by Crippen LogP contribution is 2.29. The molecule has 0 radical (unpaired) electrons. The average Bonchev–Trinajstić information content (AvgIpc) is 3.13. The molecule has 0 spiro atoms. The van der Waals surface area contributed by atoms with E-state index >= 15 is 0 Å². The maximum atomic E-state index is 13.2. The van der Waals surface area contributed by atoms with Crippen LogP contribution in [0.1, 0.15) is 66.7 Å². The van der Waals surface area contributed by atoms with Crippen molar-refractivity contribution in [2.24, 2.45) is 5.92 Å². The van der Waals surface area contributed by atoms with E-state index in [1.807, 2.05) is 4.90 Å². The predicted molar refractivity (Wildman–Crippen MR) is 130 cm³/mol. The Labute approximate surface area is 215 Å². The third-order valence-electron chi connectivity index (χ3n) is 7.01. The van der Waals surface area contributed by atoms with Gasteiger partial charge in [-0.2, -0.15) is 0 Å². The number of hydrogen-bond donors (Lipinski definition) is 1. The lowest BCUT2D eigenvalue weighted by Gasteiger charge is -2.34. The second-order valence-corrected chi connectivity index (χ2v) is 9.96. The van der Waals surface area contributed by atoms with Crippen LogP contribution in [0.5, 0.6) is 0 Å². The highest BCUT2D eigenvalue weighted by molar-refractivity contribution is 6.23. The molecule has 198 valence electrons. The molecule has 3 heterocycles. The molecule has 3 aliphatic heterocycles. The number of fused-ring (bicyclic) bond motifs is 1. The van der Waals surface area contributed by atoms with Crippen molar-refractivity contribution in [3.63, 3.8) is 0 Å². The monoisotopic (exact) mass is 512 g/mol. The van der Waals surface area contributed by atoms with Gasteiger partial charge in [-0.1, -0.05) is 32.4 Å². The van der Waals surface area contributed by atoms with Crippen LogP contribution in [0.15, 0.2) is 24.3 Å². The largest absolute Gasteiger partial charge is 0.442 e. The van der Waals surface area contributed by atoms with Crippen molar-refractivity contribution in [2.45, 2.75) is 58.0 Å². The highest BCUT2D eigenvalue weighted by Gasteiger charge is 2.47. The lowest BCUT2D eigenvalue weighted by Crippen LogP contribution is -2.57. The minimum Gasteiger partial charge on any atom is -0.442 e. The van der Waals surface area contributed by atoms with Crippen LogP contribution in [0.3, 0.4) is 0 Å². The summed E-state index contributed by atoms with van der Waals surface area (Å²) in [6.07, 6.45) is 3.10. The number of piperidine rings is 2. The van der Waals surface area contributed by atoms with Crippen molar-refractivity contribution >= 4 is 35.5 Å². The third-order valence-corrected chi connectivity index (χ3v) is 7.01. The summed E-state index contributed by atoms with van der Waals surface area (Å²) < 4.78 is 5.29. The van der Waals surface area contributed by atoms with Crippen LogP contribution in [0.25, 0.3) is 0 Å².